The minimum absolute atomic E-state index is 0.227. The van der Waals surface area contributed by atoms with Crippen LogP contribution in [0.25, 0.3) is 21.3 Å². The predicted octanol–water partition coefficient (Wildman–Crippen LogP) is 4.00. The third-order valence-electron chi connectivity index (χ3n) is 3.35. The fraction of sp³-hybridized carbons (Fsp3) is 0.0625. The summed E-state index contributed by atoms with van der Waals surface area (Å²) in [5.74, 6) is -0.0978. The van der Waals surface area contributed by atoms with Crippen LogP contribution in [0.2, 0.25) is 0 Å². The van der Waals surface area contributed by atoms with Crippen molar-refractivity contribution < 1.29 is 9.21 Å². The quantitative estimate of drug-likeness (QED) is 0.607. The van der Waals surface area contributed by atoms with Crippen LogP contribution in [0.15, 0.2) is 47.0 Å². The Labute approximate surface area is 129 Å². The van der Waals surface area contributed by atoms with Gasteiger partial charge in [0, 0.05) is 12.3 Å². The molecule has 1 N–H and O–H groups in total. The maximum Gasteiger partial charge on any atom is 0.293 e. The summed E-state index contributed by atoms with van der Waals surface area (Å²) in [5, 5.41) is 3.34. The van der Waals surface area contributed by atoms with Crippen molar-refractivity contribution in [2.75, 3.05) is 5.32 Å². The molecule has 0 aliphatic heterocycles. The smallest absolute Gasteiger partial charge is 0.293 e. The van der Waals surface area contributed by atoms with Gasteiger partial charge in [-0.1, -0.05) is 23.5 Å². The standard InChI is InChI=1S/C16H11N3O2S/c1-9-4-2-6-13-14(9)18-16(22-13)19-15(20)12-8-10-11(21-12)5-3-7-17-10/h2-8H,1H3,(H,18,19,20). The number of amides is 1. The Balaban J connectivity index is 1.66. The van der Waals surface area contributed by atoms with Gasteiger partial charge in [-0.05, 0) is 30.7 Å². The van der Waals surface area contributed by atoms with E-state index < -0.39 is 0 Å². The molecule has 0 unspecified atom stereocenters. The number of furan rings is 1. The molecule has 0 saturated carbocycles. The van der Waals surface area contributed by atoms with Crippen molar-refractivity contribution >= 4 is 43.7 Å². The number of carbonyl (C=O) groups excluding carboxylic acids is 1. The van der Waals surface area contributed by atoms with Crippen molar-refractivity contribution in [2.24, 2.45) is 0 Å². The van der Waals surface area contributed by atoms with Gasteiger partial charge in [0.15, 0.2) is 16.5 Å². The van der Waals surface area contributed by atoms with Gasteiger partial charge >= 0.3 is 0 Å². The van der Waals surface area contributed by atoms with E-state index in [0.29, 0.717) is 16.2 Å². The van der Waals surface area contributed by atoms with Gasteiger partial charge in [-0.25, -0.2) is 4.98 Å². The van der Waals surface area contributed by atoms with E-state index in [2.05, 4.69) is 15.3 Å². The Morgan fingerprint density at radius 3 is 3.00 bits per heavy atom. The van der Waals surface area contributed by atoms with Gasteiger partial charge in [-0.3, -0.25) is 15.1 Å². The van der Waals surface area contributed by atoms with Crippen LogP contribution in [0.1, 0.15) is 16.1 Å². The Morgan fingerprint density at radius 1 is 1.27 bits per heavy atom. The molecular formula is C16H11N3O2S. The number of para-hydroxylation sites is 1. The van der Waals surface area contributed by atoms with Crippen molar-refractivity contribution in [3.63, 3.8) is 0 Å². The molecule has 5 nitrogen and oxygen atoms in total. The number of anilines is 1. The minimum Gasteiger partial charge on any atom is -0.449 e. The van der Waals surface area contributed by atoms with E-state index >= 15 is 0 Å². The highest BCUT2D eigenvalue weighted by atomic mass is 32.1. The van der Waals surface area contributed by atoms with Crippen LogP contribution in [0, 0.1) is 6.92 Å². The molecule has 1 aromatic carbocycles. The Hall–Kier alpha value is -2.73. The highest BCUT2D eigenvalue weighted by Crippen LogP contribution is 2.28. The second kappa shape index (κ2) is 4.92. The number of nitrogens with zero attached hydrogens (tertiary/aromatic N) is 2. The monoisotopic (exact) mass is 309 g/mol. The number of benzene rings is 1. The number of rotatable bonds is 2. The molecular weight excluding hydrogens is 298 g/mol. The minimum atomic E-state index is -0.324. The van der Waals surface area contributed by atoms with Gasteiger partial charge < -0.3 is 4.42 Å². The first-order valence-corrected chi connectivity index (χ1v) is 7.54. The highest BCUT2D eigenvalue weighted by molar-refractivity contribution is 7.22. The third kappa shape index (κ3) is 2.14. The van der Waals surface area contributed by atoms with Crippen LogP contribution in [-0.2, 0) is 0 Å². The summed E-state index contributed by atoms with van der Waals surface area (Å²) in [7, 11) is 0. The number of nitrogens with one attached hydrogen (secondary N) is 1. The first kappa shape index (κ1) is 13.0. The van der Waals surface area contributed by atoms with E-state index in [0.717, 1.165) is 15.8 Å². The van der Waals surface area contributed by atoms with Crippen molar-refractivity contribution in [1.82, 2.24) is 9.97 Å². The largest absolute Gasteiger partial charge is 0.449 e. The van der Waals surface area contributed by atoms with E-state index in [4.69, 9.17) is 4.42 Å². The zero-order chi connectivity index (χ0) is 15.1. The van der Waals surface area contributed by atoms with Crippen molar-refractivity contribution in [2.45, 2.75) is 6.92 Å². The van der Waals surface area contributed by atoms with Crippen molar-refractivity contribution in [3.8, 4) is 0 Å². The fourth-order valence-corrected chi connectivity index (χ4v) is 3.22. The number of fused-ring (bicyclic) bond motifs is 2. The molecule has 6 heteroatoms. The molecule has 4 aromatic rings. The molecule has 3 heterocycles. The number of hydrogen-bond acceptors (Lipinski definition) is 5. The average Bonchev–Trinajstić information content (AvgIpc) is 3.11. The van der Waals surface area contributed by atoms with Gasteiger partial charge in [0.2, 0.25) is 0 Å². The molecule has 22 heavy (non-hydrogen) atoms. The Morgan fingerprint density at radius 2 is 2.18 bits per heavy atom. The third-order valence-corrected chi connectivity index (χ3v) is 4.29. The van der Waals surface area contributed by atoms with Crippen molar-refractivity contribution in [1.29, 1.82) is 0 Å². The van der Waals surface area contributed by atoms with Crippen LogP contribution < -0.4 is 5.32 Å². The molecule has 0 aliphatic carbocycles. The summed E-state index contributed by atoms with van der Waals surface area (Å²) in [6, 6.07) is 11.1. The van der Waals surface area contributed by atoms with Crippen LogP contribution >= 0.6 is 11.3 Å². The Kier molecular flexibility index (Phi) is 2.90. The maximum atomic E-state index is 12.3. The van der Waals surface area contributed by atoms with E-state index in [1.54, 1.807) is 24.4 Å². The van der Waals surface area contributed by atoms with Gasteiger partial charge in [-0.2, -0.15) is 0 Å². The van der Waals surface area contributed by atoms with Gasteiger partial charge in [0.25, 0.3) is 5.91 Å². The molecule has 108 valence electrons. The van der Waals surface area contributed by atoms with Crippen LogP contribution in [-0.4, -0.2) is 15.9 Å². The highest BCUT2D eigenvalue weighted by Gasteiger charge is 2.15. The van der Waals surface area contributed by atoms with Crippen LogP contribution in [0.5, 0.6) is 0 Å². The van der Waals surface area contributed by atoms with Crippen molar-refractivity contribution in [3.05, 3.63) is 53.9 Å². The lowest BCUT2D eigenvalue weighted by Crippen LogP contribution is -2.10. The maximum absolute atomic E-state index is 12.3. The summed E-state index contributed by atoms with van der Waals surface area (Å²) in [6.07, 6.45) is 1.66. The first-order chi connectivity index (χ1) is 10.7. The van der Waals surface area contributed by atoms with Gasteiger partial charge in [-0.15, -0.1) is 0 Å². The molecule has 3 aromatic heterocycles. The molecule has 0 aliphatic rings. The van der Waals surface area contributed by atoms with Gasteiger partial charge in [0.05, 0.1) is 10.2 Å². The SMILES string of the molecule is Cc1cccc2sc(NC(=O)c3cc4ncccc4o3)nc12. The molecule has 0 spiro atoms. The summed E-state index contributed by atoms with van der Waals surface area (Å²) in [4.78, 5) is 20.9. The number of carbonyl (C=O) groups is 1. The Bertz CT molecular complexity index is 970. The number of hydrogen-bond donors (Lipinski definition) is 1. The second-order valence-electron chi connectivity index (χ2n) is 4.89. The summed E-state index contributed by atoms with van der Waals surface area (Å²) < 4.78 is 6.55. The summed E-state index contributed by atoms with van der Waals surface area (Å²) >= 11 is 1.44. The predicted molar refractivity (Wildman–Crippen MR) is 86.3 cm³/mol. The normalized spacial score (nSPS) is 11.1. The van der Waals surface area contributed by atoms with E-state index in [9.17, 15) is 4.79 Å². The number of aromatic nitrogens is 2. The zero-order valence-electron chi connectivity index (χ0n) is 11.7. The van der Waals surface area contributed by atoms with Gasteiger partial charge in [0.1, 0.15) is 5.52 Å². The molecule has 0 saturated heterocycles. The zero-order valence-corrected chi connectivity index (χ0v) is 12.5. The lowest BCUT2D eigenvalue weighted by atomic mass is 10.2. The van der Waals surface area contributed by atoms with E-state index in [-0.39, 0.29) is 11.7 Å². The first-order valence-electron chi connectivity index (χ1n) is 6.73. The molecule has 4 rings (SSSR count). The average molecular weight is 309 g/mol. The van der Waals surface area contributed by atoms with E-state index in [1.807, 2.05) is 25.1 Å². The molecule has 1 amide bonds. The lowest BCUT2D eigenvalue weighted by molar-refractivity contribution is 0.0998. The molecule has 0 radical (unpaired) electrons. The number of pyridine rings is 1. The fourth-order valence-electron chi connectivity index (χ4n) is 2.28. The summed E-state index contributed by atoms with van der Waals surface area (Å²) in [5.41, 5.74) is 3.25. The number of aryl methyl sites for hydroxylation is 1. The van der Waals surface area contributed by atoms with E-state index in [1.165, 1.54) is 11.3 Å². The topological polar surface area (TPSA) is 68.0 Å². The lowest BCUT2D eigenvalue weighted by Gasteiger charge is -1.96. The number of thiazole rings is 1. The molecule has 0 fully saturated rings. The second-order valence-corrected chi connectivity index (χ2v) is 5.92. The summed E-state index contributed by atoms with van der Waals surface area (Å²) in [6.45, 7) is 2.00. The van der Waals surface area contributed by atoms with Crippen LogP contribution in [0.4, 0.5) is 5.13 Å². The molecule has 0 bridgehead atoms. The molecule has 0 atom stereocenters. The van der Waals surface area contributed by atoms with Crippen LogP contribution in [0.3, 0.4) is 0 Å².